The van der Waals surface area contributed by atoms with E-state index in [-0.39, 0.29) is 0 Å². The first-order valence-electron chi connectivity index (χ1n) is 8.89. The normalized spacial score (nSPS) is 14.3. The minimum absolute atomic E-state index is 0.297. The van der Waals surface area contributed by atoms with Gasteiger partial charge in [0.15, 0.2) is 9.79 Å². The number of hydrogen-bond acceptors (Lipinski definition) is 7. The van der Waals surface area contributed by atoms with Gasteiger partial charge >= 0.3 is 0 Å². The maximum Gasteiger partial charge on any atom is 0.243 e. The Kier molecular flexibility index (Phi) is 7.09. The van der Waals surface area contributed by atoms with E-state index in [9.17, 15) is 14.2 Å². The van der Waals surface area contributed by atoms with Crippen LogP contribution in [0, 0.1) is 0 Å². The van der Waals surface area contributed by atoms with E-state index < -0.39 is 28.5 Å². The second kappa shape index (κ2) is 9.55. The first-order valence-corrected chi connectivity index (χ1v) is 12.0. The van der Waals surface area contributed by atoms with E-state index in [1.165, 1.54) is 0 Å². The summed E-state index contributed by atoms with van der Waals surface area (Å²) in [6.07, 6.45) is 2.70. The molecule has 1 heterocycles. The van der Waals surface area contributed by atoms with Crippen molar-refractivity contribution in [3.8, 4) is 22.5 Å². The van der Waals surface area contributed by atoms with Gasteiger partial charge in [0.2, 0.25) is 5.95 Å². The Morgan fingerprint density at radius 2 is 1.34 bits per heavy atom. The Balaban J connectivity index is 2.04. The van der Waals surface area contributed by atoms with Gasteiger partial charge in [-0.15, -0.1) is 10.2 Å². The van der Waals surface area contributed by atoms with E-state index in [0.29, 0.717) is 23.9 Å². The fourth-order valence-electron chi connectivity index (χ4n) is 2.64. The summed E-state index contributed by atoms with van der Waals surface area (Å²) in [5.74, 6) is 0.305. The highest BCUT2D eigenvalue weighted by atomic mass is 32.2. The van der Waals surface area contributed by atoms with Crippen LogP contribution in [0.1, 0.15) is 6.92 Å². The molecule has 3 atom stereocenters. The van der Waals surface area contributed by atoms with E-state index in [1.54, 1.807) is 43.7 Å². The molecule has 0 spiro atoms. The zero-order valence-electron chi connectivity index (χ0n) is 16.3. The molecule has 0 saturated carbocycles. The van der Waals surface area contributed by atoms with Gasteiger partial charge in [0.05, 0.1) is 6.10 Å². The molecule has 2 aromatic carbocycles. The standard InChI is InChI=1S/C20H22N4O3S2/c1-13(25)12-21-20-22-18(14-4-8-16(9-5-14)28(2)26)19(23-24-20)15-6-10-17(11-7-15)29(3)27/h4-11,13,25H,12H2,1-3H3,(H,21,22,24). The lowest BCUT2D eigenvalue weighted by atomic mass is 10.0. The van der Waals surface area contributed by atoms with Crippen LogP contribution in [0.25, 0.3) is 22.5 Å². The fourth-order valence-corrected chi connectivity index (χ4v) is 3.68. The smallest absolute Gasteiger partial charge is 0.243 e. The van der Waals surface area contributed by atoms with Crippen LogP contribution in [0.2, 0.25) is 0 Å². The third-order valence-electron chi connectivity index (χ3n) is 4.16. The lowest BCUT2D eigenvalue weighted by molar-refractivity contribution is 0.208. The summed E-state index contributed by atoms with van der Waals surface area (Å²) in [5, 5.41) is 20.9. The van der Waals surface area contributed by atoms with Crippen molar-refractivity contribution in [2.75, 3.05) is 24.4 Å². The van der Waals surface area contributed by atoms with Gasteiger partial charge in [0, 0.05) is 17.7 Å². The van der Waals surface area contributed by atoms with E-state index in [4.69, 9.17) is 0 Å². The molecule has 0 radical (unpaired) electrons. The van der Waals surface area contributed by atoms with Crippen molar-refractivity contribution in [3.05, 3.63) is 48.5 Å². The minimum atomic E-state index is -1.07. The lowest BCUT2D eigenvalue weighted by Gasteiger charge is -2.12. The zero-order chi connectivity index (χ0) is 21.0. The summed E-state index contributed by atoms with van der Waals surface area (Å²) < 4.78 is 23.3. The number of aromatic nitrogens is 3. The van der Waals surface area contributed by atoms with Crippen molar-refractivity contribution in [1.82, 2.24) is 15.2 Å². The predicted octanol–water partition coefficient (Wildman–Crippen LogP) is 2.47. The van der Waals surface area contributed by atoms with E-state index in [0.717, 1.165) is 20.9 Å². The minimum Gasteiger partial charge on any atom is -0.612 e. The molecule has 29 heavy (non-hydrogen) atoms. The topological polar surface area (TPSA) is 117 Å². The van der Waals surface area contributed by atoms with Gasteiger partial charge in [0.25, 0.3) is 0 Å². The molecule has 0 aliphatic heterocycles. The van der Waals surface area contributed by atoms with E-state index >= 15 is 0 Å². The molecule has 0 saturated heterocycles. The van der Waals surface area contributed by atoms with Crippen molar-refractivity contribution < 1.29 is 14.2 Å². The van der Waals surface area contributed by atoms with Gasteiger partial charge < -0.3 is 19.5 Å². The highest BCUT2D eigenvalue weighted by Gasteiger charge is 2.16. The lowest BCUT2D eigenvalue weighted by Crippen LogP contribution is -2.17. The summed E-state index contributed by atoms with van der Waals surface area (Å²) >= 11 is -2.14. The maximum absolute atomic E-state index is 11.7. The Hall–Kier alpha value is -2.17. The number of anilines is 1. The number of hydrogen-bond donors (Lipinski definition) is 2. The highest BCUT2D eigenvalue weighted by Crippen LogP contribution is 2.30. The van der Waals surface area contributed by atoms with Crippen LogP contribution < -0.4 is 5.32 Å². The maximum atomic E-state index is 11.7. The molecule has 0 fully saturated rings. The molecule has 0 aliphatic rings. The number of aliphatic hydroxyl groups is 1. The Bertz CT molecular complexity index is 949. The summed E-state index contributed by atoms with van der Waals surface area (Å²) in [4.78, 5) is 6.04. The summed E-state index contributed by atoms with van der Waals surface area (Å²) in [6.45, 7) is 1.96. The van der Waals surface area contributed by atoms with Crippen LogP contribution in [0.5, 0.6) is 0 Å². The van der Waals surface area contributed by atoms with Gasteiger partial charge in [-0.2, -0.15) is 0 Å². The van der Waals surface area contributed by atoms with E-state index in [1.807, 2.05) is 24.3 Å². The molecule has 1 aromatic heterocycles. The van der Waals surface area contributed by atoms with Gasteiger partial charge in [-0.1, -0.05) is 0 Å². The third-order valence-corrected chi connectivity index (χ3v) is 6.03. The summed E-state index contributed by atoms with van der Waals surface area (Å²) in [7, 11) is 0. The van der Waals surface area contributed by atoms with Crippen LogP contribution in [-0.2, 0) is 22.4 Å². The quantitative estimate of drug-likeness (QED) is 0.553. The Morgan fingerprint density at radius 1 is 0.862 bits per heavy atom. The van der Waals surface area contributed by atoms with Crippen LogP contribution in [0.15, 0.2) is 58.3 Å². The SMILES string of the molecule is CC(O)CNc1nnc(-c2ccc([S+](C)[O-])cc2)c(-c2ccc([S+](C)[O-])cc2)n1. The summed E-state index contributed by atoms with van der Waals surface area (Å²) in [6, 6.07) is 14.5. The molecule has 3 aromatic rings. The Morgan fingerprint density at radius 3 is 1.79 bits per heavy atom. The number of benzene rings is 2. The van der Waals surface area contributed by atoms with Crippen molar-refractivity contribution >= 4 is 28.3 Å². The molecular formula is C20H22N4O3S2. The molecular weight excluding hydrogens is 408 g/mol. The van der Waals surface area contributed by atoms with Crippen molar-refractivity contribution in [3.63, 3.8) is 0 Å². The first-order chi connectivity index (χ1) is 13.8. The highest BCUT2D eigenvalue weighted by molar-refractivity contribution is 7.91. The van der Waals surface area contributed by atoms with Crippen LogP contribution in [0.4, 0.5) is 5.95 Å². The molecule has 3 unspecified atom stereocenters. The van der Waals surface area contributed by atoms with E-state index in [2.05, 4.69) is 20.5 Å². The van der Waals surface area contributed by atoms with Gasteiger partial charge in [-0.25, -0.2) is 4.98 Å². The zero-order valence-corrected chi connectivity index (χ0v) is 18.0. The predicted molar refractivity (Wildman–Crippen MR) is 116 cm³/mol. The van der Waals surface area contributed by atoms with Crippen LogP contribution in [0.3, 0.4) is 0 Å². The van der Waals surface area contributed by atoms with Gasteiger partial charge in [-0.05, 0) is 77.8 Å². The molecule has 3 rings (SSSR count). The number of nitrogens with zero attached hydrogens (tertiary/aromatic N) is 3. The molecule has 0 amide bonds. The largest absolute Gasteiger partial charge is 0.612 e. The molecule has 9 heteroatoms. The molecule has 0 aliphatic carbocycles. The third kappa shape index (κ3) is 5.46. The molecule has 7 nitrogen and oxygen atoms in total. The second-order valence-corrected chi connectivity index (χ2v) is 9.28. The second-order valence-electron chi connectivity index (χ2n) is 6.52. The van der Waals surface area contributed by atoms with Crippen molar-refractivity contribution in [2.24, 2.45) is 0 Å². The fraction of sp³-hybridized carbons (Fsp3) is 0.250. The van der Waals surface area contributed by atoms with Crippen molar-refractivity contribution in [1.29, 1.82) is 0 Å². The molecule has 0 bridgehead atoms. The number of aliphatic hydroxyl groups excluding tert-OH is 1. The van der Waals surface area contributed by atoms with Crippen molar-refractivity contribution in [2.45, 2.75) is 22.8 Å². The van der Waals surface area contributed by atoms with Crippen LogP contribution >= 0.6 is 0 Å². The van der Waals surface area contributed by atoms with Crippen LogP contribution in [-0.4, -0.2) is 54.6 Å². The Labute approximate surface area is 176 Å². The monoisotopic (exact) mass is 430 g/mol. The van der Waals surface area contributed by atoms with Gasteiger partial charge in [-0.3, -0.25) is 0 Å². The average molecular weight is 431 g/mol. The molecule has 152 valence electrons. The number of nitrogens with one attached hydrogen (secondary N) is 1. The number of rotatable bonds is 7. The first kappa shape index (κ1) is 21.5. The average Bonchev–Trinajstić information content (AvgIpc) is 2.72. The summed E-state index contributed by atoms with van der Waals surface area (Å²) in [5.41, 5.74) is 2.77. The molecule has 2 N–H and O–H groups in total. The van der Waals surface area contributed by atoms with Gasteiger partial charge in [0.1, 0.15) is 23.9 Å².